The van der Waals surface area contributed by atoms with E-state index in [0.29, 0.717) is 0 Å². The largest absolute Gasteiger partial charge is 0.383 e. The van der Waals surface area contributed by atoms with Gasteiger partial charge in [-0.2, -0.15) is 0 Å². The highest BCUT2D eigenvalue weighted by atomic mass is 16.5. The van der Waals surface area contributed by atoms with Gasteiger partial charge in [0.2, 0.25) is 0 Å². The van der Waals surface area contributed by atoms with Crippen LogP contribution in [0.3, 0.4) is 0 Å². The second kappa shape index (κ2) is 7.89. The fourth-order valence-electron chi connectivity index (χ4n) is 1.99. The predicted octanol–water partition coefficient (Wildman–Crippen LogP) is 0.862. The van der Waals surface area contributed by atoms with Crippen molar-refractivity contribution >= 4 is 11.0 Å². The van der Waals surface area contributed by atoms with E-state index in [4.69, 9.17) is 4.74 Å². The number of imidazole rings is 1. The maximum Gasteiger partial charge on any atom is 0.0958 e. The van der Waals surface area contributed by atoms with Crippen LogP contribution in [0.5, 0.6) is 0 Å². The summed E-state index contributed by atoms with van der Waals surface area (Å²) in [7, 11) is 1.72. The van der Waals surface area contributed by atoms with Crippen LogP contribution in [-0.4, -0.2) is 49.4 Å². The highest BCUT2D eigenvalue weighted by molar-refractivity contribution is 5.74. The maximum absolute atomic E-state index is 4.97. The van der Waals surface area contributed by atoms with E-state index in [9.17, 15) is 0 Å². The topological polar surface area (TPSA) is 51.1 Å². The zero-order valence-electron chi connectivity index (χ0n) is 11.4. The summed E-state index contributed by atoms with van der Waals surface area (Å²) < 4.78 is 7.15. The maximum atomic E-state index is 4.97. The van der Waals surface area contributed by atoms with Crippen molar-refractivity contribution in [1.29, 1.82) is 0 Å². The van der Waals surface area contributed by atoms with Crippen LogP contribution in [0.1, 0.15) is 0 Å². The third-order valence-corrected chi connectivity index (χ3v) is 3.02. The van der Waals surface area contributed by atoms with Crippen molar-refractivity contribution < 1.29 is 4.74 Å². The van der Waals surface area contributed by atoms with E-state index in [2.05, 4.69) is 26.3 Å². The molecule has 0 radical (unpaired) electrons. The number of hydrogen-bond donors (Lipinski definition) is 2. The van der Waals surface area contributed by atoms with E-state index in [1.165, 1.54) is 5.52 Å². The van der Waals surface area contributed by atoms with Gasteiger partial charge in [-0.05, 0) is 12.1 Å². The van der Waals surface area contributed by atoms with Crippen LogP contribution in [0.15, 0.2) is 30.6 Å². The SMILES string of the molecule is COCCNCCNCCn1cnc2ccccc21. The summed E-state index contributed by atoms with van der Waals surface area (Å²) in [6.07, 6.45) is 1.91. The minimum atomic E-state index is 0.765. The lowest BCUT2D eigenvalue weighted by Crippen LogP contribution is -2.31. The third-order valence-electron chi connectivity index (χ3n) is 3.02. The van der Waals surface area contributed by atoms with E-state index in [1.807, 2.05) is 24.5 Å². The van der Waals surface area contributed by atoms with Gasteiger partial charge >= 0.3 is 0 Å². The van der Waals surface area contributed by atoms with Crippen molar-refractivity contribution in [3.05, 3.63) is 30.6 Å². The number of nitrogens with zero attached hydrogens (tertiary/aromatic N) is 2. The van der Waals surface area contributed by atoms with Gasteiger partial charge in [-0.1, -0.05) is 12.1 Å². The molecule has 2 N–H and O–H groups in total. The number of aromatic nitrogens is 2. The minimum absolute atomic E-state index is 0.765. The highest BCUT2D eigenvalue weighted by Crippen LogP contribution is 2.10. The first-order valence-electron chi connectivity index (χ1n) is 6.72. The van der Waals surface area contributed by atoms with E-state index in [1.54, 1.807) is 7.11 Å². The molecule has 5 nitrogen and oxygen atoms in total. The highest BCUT2D eigenvalue weighted by Gasteiger charge is 1.99. The zero-order chi connectivity index (χ0) is 13.3. The zero-order valence-corrected chi connectivity index (χ0v) is 11.4. The van der Waals surface area contributed by atoms with Crippen LogP contribution in [0.2, 0.25) is 0 Å². The summed E-state index contributed by atoms with van der Waals surface area (Å²) in [6.45, 7) is 5.50. The number of nitrogens with one attached hydrogen (secondary N) is 2. The molecule has 0 saturated carbocycles. The molecule has 104 valence electrons. The molecule has 0 saturated heterocycles. The fourth-order valence-corrected chi connectivity index (χ4v) is 1.99. The van der Waals surface area contributed by atoms with E-state index >= 15 is 0 Å². The molecule has 5 heteroatoms. The Balaban J connectivity index is 1.63. The standard InChI is InChI=1S/C14H22N4O/c1-19-11-9-16-7-6-15-8-10-18-12-17-13-4-2-3-5-14(13)18/h2-5,12,15-16H,6-11H2,1H3. The van der Waals surface area contributed by atoms with Gasteiger partial charge in [-0.3, -0.25) is 0 Å². The fraction of sp³-hybridized carbons (Fsp3) is 0.500. The first-order chi connectivity index (χ1) is 9.42. The van der Waals surface area contributed by atoms with E-state index in [0.717, 1.165) is 44.8 Å². The van der Waals surface area contributed by atoms with Crippen LogP contribution in [0, 0.1) is 0 Å². The molecule has 2 aromatic rings. The summed E-state index contributed by atoms with van der Waals surface area (Å²) in [5.74, 6) is 0. The number of fused-ring (bicyclic) bond motifs is 1. The molecule has 2 rings (SSSR count). The lowest BCUT2D eigenvalue weighted by molar-refractivity contribution is 0.199. The van der Waals surface area contributed by atoms with E-state index < -0.39 is 0 Å². The van der Waals surface area contributed by atoms with Crippen molar-refractivity contribution in [3.63, 3.8) is 0 Å². The molecule has 1 aromatic carbocycles. The molecule has 1 aromatic heterocycles. The lowest BCUT2D eigenvalue weighted by atomic mass is 10.3. The van der Waals surface area contributed by atoms with E-state index in [-0.39, 0.29) is 0 Å². The lowest BCUT2D eigenvalue weighted by Gasteiger charge is -2.07. The van der Waals surface area contributed by atoms with Gasteiger partial charge in [-0.25, -0.2) is 4.98 Å². The Hall–Kier alpha value is -1.43. The number of ether oxygens (including phenoxy) is 1. The Morgan fingerprint density at radius 1 is 1.11 bits per heavy atom. The van der Waals surface area contributed by atoms with Crippen molar-refractivity contribution in [3.8, 4) is 0 Å². The monoisotopic (exact) mass is 262 g/mol. The van der Waals surface area contributed by atoms with Crippen molar-refractivity contribution in [2.24, 2.45) is 0 Å². The Bertz CT molecular complexity index is 483. The first-order valence-corrected chi connectivity index (χ1v) is 6.72. The average molecular weight is 262 g/mol. The molecule has 0 amide bonds. The summed E-state index contributed by atoms with van der Waals surface area (Å²) >= 11 is 0. The molecular weight excluding hydrogens is 240 g/mol. The molecule has 0 aliphatic heterocycles. The third kappa shape index (κ3) is 4.31. The van der Waals surface area contributed by atoms with Gasteiger partial charge < -0.3 is 19.9 Å². The van der Waals surface area contributed by atoms with Crippen LogP contribution >= 0.6 is 0 Å². The Morgan fingerprint density at radius 2 is 1.89 bits per heavy atom. The number of para-hydroxylation sites is 2. The molecule has 1 heterocycles. The van der Waals surface area contributed by atoms with Gasteiger partial charge in [0.25, 0.3) is 0 Å². The van der Waals surface area contributed by atoms with Crippen molar-refractivity contribution in [2.75, 3.05) is 39.9 Å². The van der Waals surface area contributed by atoms with Gasteiger partial charge in [0.1, 0.15) is 0 Å². The van der Waals surface area contributed by atoms with Crippen LogP contribution < -0.4 is 10.6 Å². The second-order valence-electron chi connectivity index (χ2n) is 4.42. The summed E-state index contributed by atoms with van der Waals surface area (Å²) in [5, 5.41) is 6.72. The molecule has 0 aliphatic carbocycles. The van der Waals surface area contributed by atoms with Crippen LogP contribution in [0.4, 0.5) is 0 Å². The molecule has 0 atom stereocenters. The minimum Gasteiger partial charge on any atom is -0.383 e. The van der Waals surface area contributed by atoms with Gasteiger partial charge in [0.15, 0.2) is 0 Å². The number of rotatable bonds is 9. The van der Waals surface area contributed by atoms with Gasteiger partial charge in [-0.15, -0.1) is 0 Å². The molecule has 0 aliphatic rings. The Morgan fingerprint density at radius 3 is 2.74 bits per heavy atom. The van der Waals surface area contributed by atoms with Crippen LogP contribution in [0.25, 0.3) is 11.0 Å². The predicted molar refractivity (Wildman–Crippen MR) is 77.3 cm³/mol. The molecule has 19 heavy (non-hydrogen) atoms. The molecule has 0 fully saturated rings. The number of hydrogen-bond acceptors (Lipinski definition) is 4. The van der Waals surface area contributed by atoms with Crippen molar-refractivity contribution in [2.45, 2.75) is 6.54 Å². The quantitative estimate of drug-likeness (QED) is 0.658. The van der Waals surface area contributed by atoms with Crippen LogP contribution in [-0.2, 0) is 11.3 Å². The molecule has 0 spiro atoms. The van der Waals surface area contributed by atoms with Gasteiger partial charge in [0, 0.05) is 39.8 Å². The van der Waals surface area contributed by atoms with Gasteiger partial charge in [0.05, 0.1) is 24.0 Å². The summed E-state index contributed by atoms with van der Waals surface area (Å²) in [5.41, 5.74) is 2.26. The average Bonchev–Trinajstić information content (AvgIpc) is 2.85. The Labute approximate surface area is 114 Å². The smallest absolute Gasteiger partial charge is 0.0958 e. The number of benzene rings is 1. The summed E-state index contributed by atoms with van der Waals surface area (Å²) in [6, 6.07) is 8.21. The number of methoxy groups -OCH3 is 1. The molecule has 0 unspecified atom stereocenters. The molecular formula is C14H22N4O. The molecule has 0 bridgehead atoms. The first kappa shape index (κ1) is 14.0. The van der Waals surface area contributed by atoms with Crippen molar-refractivity contribution in [1.82, 2.24) is 20.2 Å². The second-order valence-corrected chi connectivity index (χ2v) is 4.42. The normalized spacial score (nSPS) is 11.2. The summed E-state index contributed by atoms with van der Waals surface area (Å²) in [4.78, 5) is 4.38. The Kier molecular flexibility index (Phi) is 5.81.